The molecule has 70 valence electrons. The Kier molecular flexibility index (Phi) is 2.69. The van der Waals surface area contributed by atoms with Gasteiger partial charge < -0.3 is 9.94 Å². The van der Waals surface area contributed by atoms with Gasteiger partial charge in [-0.3, -0.25) is 4.79 Å². The van der Waals surface area contributed by atoms with Crippen LogP contribution in [0.1, 0.15) is 26.7 Å². The number of hydrogen-bond donors (Lipinski definition) is 1. The lowest BCUT2D eigenvalue weighted by Gasteiger charge is -2.29. The van der Waals surface area contributed by atoms with E-state index in [1.165, 1.54) is 5.06 Å². The van der Waals surface area contributed by atoms with E-state index in [0.29, 0.717) is 13.0 Å². The summed E-state index contributed by atoms with van der Waals surface area (Å²) in [6, 6.07) is 0. The van der Waals surface area contributed by atoms with Crippen LogP contribution in [0, 0.1) is 0 Å². The topological polar surface area (TPSA) is 49.8 Å². The van der Waals surface area contributed by atoms with Gasteiger partial charge in [0.15, 0.2) is 0 Å². The molecule has 1 rings (SSSR count). The van der Waals surface area contributed by atoms with E-state index in [2.05, 4.69) is 0 Å². The maximum atomic E-state index is 10.8. The fraction of sp³-hybridized carbons (Fsp3) is 0.875. The van der Waals surface area contributed by atoms with Crippen molar-refractivity contribution in [2.75, 3.05) is 13.1 Å². The van der Waals surface area contributed by atoms with Crippen LogP contribution in [-0.4, -0.2) is 34.8 Å². The largest absolute Gasteiger partial charge is 0.389 e. The van der Waals surface area contributed by atoms with Crippen molar-refractivity contribution < 1.29 is 14.7 Å². The second-order valence-corrected chi connectivity index (χ2v) is 3.74. The van der Waals surface area contributed by atoms with Gasteiger partial charge >= 0.3 is 5.97 Å². The summed E-state index contributed by atoms with van der Waals surface area (Å²) in [6.07, 6.45) is 1.30. The molecular formula is C8H15NO3. The average molecular weight is 173 g/mol. The fourth-order valence-corrected chi connectivity index (χ4v) is 1.18. The summed E-state index contributed by atoms with van der Waals surface area (Å²) in [7, 11) is 0. The van der Waals surface area contributed by atoms with E-state index in [-0.39, 0.29) is 5.97 Å². The van der Waals surface area contributed by atoms with Crippen molar-refractivity contribution >= 4 is 5.97 Å². The Hall–Kier alpha value is -0.610. The number of β-amino-alcohol motifs (C(OH)–C–C–N with tert-alkyl or cyclic N) is 1. The standard InChI is InChI=1S/C8H15NO3/c1-8(2,11)6-9-5-3-4-7(10)12-9/h11H,3-6H2,1-2H3. The van der Waals surface area contributed by atoms with Crippen molar-refractivity contribution in [2.45, 2.75) is 32.3 Å². The molecular weight excluding hydrogens is 158 g/mol. The monoisotopic (exact) mass is 173 g/mol. The van der Waals surface area contributed by atoms with E-state index in [0.717, 1.165) is 13.0 Å². The van der Waals surface area contributed by atoms with Gasteiger partial charge in [0, 0.05) is 13.0 Å². The molecule has 0 aromatic rings. The first kappa shape index (κ1) is 9.48. The van der Waals surface area contributed by atoms with E-state index in [1.54, 1.807) is 13.8 Å². The van der Waals surface area contributed by atoms with Gasteiger partial charge in [0.25, 0.3) is 0 Å². The first-order chi connectivity index (χ1) is 5.47. The van der Waals surface area contributed by atoms with Crippen LogP contribution in [0.5, 0.6) is 0 Å². The summed E-state index contributed by atoms with van der Waals surface area (Å²) < 4.78 is 0. The Balaban J connectivity index is 2.37. The number of hydrogen-bond acceptors (Lipinski definition) is 4. The SMILES string of the molecule is CC(C)(O)CN1CCCC(=O)O1. The minimum Gasteiger partial charge on any atom is -0.389 e. The first-order valence-corrected chi connectivity index (χ1v) is 4.15. The number of aliphatic hydroxyl groups is 1. The molecule has 4 nitrogen and oxygen atoms in total. The summed E-state index contributed by atoms with van der Waals surface area (Å²) >= 11 is 0. The molecule has 0 spiro atoms. The Bertz CT molecular complexity index is 174. The van der Waals surface area contributed by atoms with E-state index in [1.807, 2.05) is 0 Å². The van der Waals surface area contributed by atoms with Gasteiger partial charge in [-0.1, -0.05) is 0 Å². The molecule has 1 N–H and O–H groups in total. The summed E-state index contributed by atoms with van der Waals surface area (Å²) in [4.78, 5) is 15.7. The summed E-state index contributed by atoms with van der Waals surface area (Å²) in [5.41, 5.74) is -0.808. The van der Waals surface area contributed by atoms with Crippen LogP contribution in [0.3, 0.4) is 0 Å². The van der Waals surface area contributed by atoms with Crippen LogP contribution in [-0.2, 0) is 9.63 Å². The van der Waals surface area contributed by atoms with E-state index >= 15 is 0 Å². The van der Waals surface area contributed by atoms with Crippen molar-refractivity contribution in [3.63, 3.8) is 0 Å². The summed E-state index contributed by atoms with van der Waals surface area (Å²) in [6.45, 7) is 4.47. The Labute approximate surface area is 72.1 Å². The van der Waals surface area contributed by atoms with Gasteiger partial charge in [0.05, 0.1) is 12.1 Å². The molecule has 1 saturated heterocycles. The first-order valence-electron chi connectivity index (χ1n) is 4.15. The highest BCUT2D eigenvalue weighted by Crippen LogP contribution is 2.11. The summed E-state index contributed by atoms with van der Waals surface area (Å²) in [5.74, 6) is -0.203. The predicted octanol–water partition coefficient (Wildman–Crippen LogP) is 0.311. The maximum absolute atomic E-state index is 10.8. The van der Waals surface area contributed by atoms with Crippen molar-refractivity contribution in [2.24, 2.45) is 0 Å². The Morgan fingerprint density at radius 1 is 1.67 bits per heavy atom. The highest BCUT2D eigenvalue weighted by atomic mass is 16.7. The maximum Gasteiger partial charge on any atom is 0.325 e. The lowest BCUT2D eigenvalue weighted by molar-refractivity contribution is -0.210. The van der Waals surface area contributed by atoms with Crippen LogP contribution < -0.4 is 0 Å². The molecule has 4 heteroatoms. The molecule has 0 radical (unpaired) electrons. The van der Waals surface area contributed by atoms with Crippen LogP contribution in [0.15, 0.2) is 0 Å². The molecule has 1 aliphatic heterocycles. The second-order valence-electron chi connectivity index (χ2n) is 3.74. The smallest absolute Gasteiger partial charge is 0.325 e. The van der Waals surface area contributed by atoms with E-state index in [4.69, 9.17) is 4.84 Å². The minimum absolute atomic E-state index is 0.203. The van der Waals surface area contributed by atoms with Crippen LogP contribution in [0.25, 0.3) is 0 Å². The quantitative estimate of drug-likeness (QED) is 0.653. The molecule has 1 aliphatic rings. The van der Waals surface area contributed by atoms with Gasteiger partial charge in [-0.25, -0.2) is 0 Å². The molecule has 0 aliphatic carbocycles. The number of carbonyl (C=O) groups is 1. The molecule has 0 amide bonds. The molecule has 1 fully saturated rings. The molecule has 0 aromatic carbocycles. The van der Waals surface area contributed by atoms with Crippen molar-refractivity contribution in [3.8, 4) is 0 Å². The summed E-state index contributed by atoms with van der Waals surface area (Å²) in [5, 5.41) is 10.9. The van der Waals surface area contributed by atoms with Gasteiger partial charge in [0.2, 0.25) is 0 Å². The van der Waals surface area contributed by atoms with Gasteiger partial charge in [-0.15, -0.1) is 5.06 Å². The van der Waals surface area contributed by atoms with E-state index < -0.39 is 5.60 Å². The molecule has 12 heavy (non-hydrogen) atoms. The Morgan fingerprint density at radius 3 is 2.83 bits per heavy atom. The molecule has 0 atom stereocenters. The van der Waals surface area contributed by atoms with Crippen LogP contribution in [0.2, 0.25) is 0 Å². The zero-order valence-electron chi connectivity index (χ0n) is 7.54. The third-order valence-electron chi connectivity index (χ3n) is 1.58. The lowest BCUT2D eigenvalue weighted by Crippen LogP contribution is -2.42. The third-order valence-corrected chi connectivity index (χ3v) is 1.58. The molecule has 0 bridgehead atoms. The third kappa shape index (κ3) is 3.19. The fourth-order valence-electron chi connectivity index (χ4n) is 1.18. The molecule has 0 saturated carbocycles. The Morgan fingerprint density at radius 2 is 2.33 bits per heavy atom. The predicted molar refractivity (Wildman–Crippen MR) is 43.2 cm³/mol. The molecule has 0 unspecified atom stereocenters. The van der Waals surface area contributed by atoms with Gasteiger partial charge in [-0.2, -0.15) is 0 Å². The number of nitrogens with zero attached hydrogens (tertiary/aromatic N) is 1. The number of hydroxylamine groups is 2. The van der Waals surface area contributed by atoms with Crippen LogP contribution >= 0.6 is 0 Å². The molecule has 0 aromatic heterocycles. The van der Waals surface area contributed by atoms with Crippen molar-refractivity contribution in [3.05, 3.63) is 0 Å². The average Bonchev–Trinajstić information content (AvgIpc) is 1.82. The highest BCUT2D eigenvalue weighted by Gasteiger charge is 2.24. The number of rotatable bonds is 2. The van der Waals surface area contributed by atoms with Gasteiger partial charge in [-0.05, 0) is 20.3 Å². The minimum atomic E-state index is -0.808. The number of carbonyl (C=O) groups excluding carboxylic acids is 1. The molecule has 1 heterocycles. The van der Waals surface area contributed by atoms with Crippen LogP contribution in [0.4, 0.5) is 0 Å². The highest BCUT2D eigenvalue weighted by molar-refractivity contribution is 5.69. The zero-order chi connectivity index (χ0) is 9.19. The van der Waals surface area contributed by atoms with E-state index in [9.17, 15) is 9.90 Å². The normalized spacial score (nSPS) is 20.8. The zero-order valence-corrected chi connectivity index (χ0v) is 7.54. The lowest BCUT2D eigenvalue weighted by atomic mass is 10.1. The van der Waals surface area contributed by atoms with Crippen molar-refractivity contribution in [1.82, 2.24) is 5.06 Å². The second kappa shape index (κ2) is 3.41. The van der Waals surface area contributed by atoms with Crippen molar-refractivity contribution in [1.29, 1.82) is 0 Å². The van der Waals surface area contributed by atoms with Gasteiger partial charge in [0.1, 0.15) is 0 Å².